The second-order valence-electron chi connectivity index (χ2n) is 8.01. The van der Waals surface area contributed by atoms with Gasteiger partial charge in [0.05, 0.1) is 18.5 Å². The molecule has 4 aromatic rings. The van der Waals surface area contributed by atoms with Crippen LogP contribution in [0, 0.1) is 5.92 Å². The van der Waals surface area contributed by atoms with Gasteiger partial charge in [-0.2, -0.15) is 0 Å². The van der Waals surface area contributed by atoms with Gasteiger partial charge in [-0.1, -0.05) is 48.5 Å². The predicted octanol–water partition coefficient (Wildman–Crippen LogP) is 5.21. The zero-order valence-electron chi connectivity index (χ0n) is 19.3. The zero-order chi connectivity index (χ0) is 25.1. The molecule has 1 unspecified atom stereocenters. The van der Waals surface area contributed by atoms with Gasteiger partial charge in [-0.3, -0.25) is 14.5 Å². The van der Waals surface area contributed by atoms with Gasteiger partial charge >= 0.3 is 0 Å². The number of amides is 2. The van der Waals surface area contributed by atoms with E-state index in [1.165, 1.54) is 21.1 Å². The molecule has 0 saturated carbocycles. The molecule has 1 aliphatic heterocycles. The molecule has 0 bridgehead atoms. The fourth-order valence-electron chi connectivity index (χ4n) is 3.91. The molecule has 1 atom stereocenters. The average Bonchev–Trinajstić information content (AvgIpc) is 3.40. The summed E-state index contributed by atoms with van der Waals surface area (Å²) in [7, 11) is 1.60. The number of rotatable bonds is 7. The van der Waals surface area contributed by atoms with Gasteiger partial charge in [0.1, 0.15) is 11.7 Å². The van der Waals surface area contributed by atoms with Crippen LogP contribution in [0.2, 0.25) is 0 Å². The standard InChI is InChI=1S/C27H22N4O3S2/c1-34-21-14-12-19(13-15-21)28-16-22-24(32)30(20-10-6-3-7-11-20)27(35)31(25(22)33)26-29-23(17-36-26)18-8-4-2-5-9-18/h2-15,17,22,28H,16H2,1H3. The topological polar surface area (TPSA) is 74.8 Å². The molecule has 1 fully saturated rings. The summed E-state index contributed by atoms with van der Waals surface area (Å²) in [5, 5.41) is 5.60. The molecule has 9 heteroatoms. The number of hydrogen-bond acceptors (Lipinski definition) is 7. The normalized spacial score (nSPS) is 15.8. The number of anilines is 3. The van der Waals surface area contributed by atoms with Gasteiger partial charge in [0.25, 0.3) is 0 Å². The number of thiazole rings is 1. The van der Waals surface area contributed by atoms with Crippen LogP contribution < -0.4 is 19.9 Å². The monoisotopic (exact) mass is 514 g/mol. The predicted molar refractivity (Wildman–Crippen MR) is 147 cm³/mol. The van der Waals surface area contributed by atoms with Gasteiger partial charge < -0.3 is 10.1 Å². The van der Waals surface area contributed by atoms with Crippen molar-refractivity contribution in [3.05, 3.63) is 90.3 Å². The van der Waals surface area contributed by atoms with Crippen LogP contribution in [0.4, 0.5) is 16.5 Å². The first-order chi connectivity index (χ1) is 17.6. The molecule has 180 valence electrons. The molecule has 0 spiro atoms. The molecule has 0 aliphatic carbocycles. The Balaban J connectivity index is 1.48. The Bertz CT molecular complexity index is 1390. The zero-order valence-corrected chi connectivity index (χ0v) is 21.0. The number of hydrogen-bond donors (Lipinski definition) is 1. The second-order valence-corrected chi connectivity index (χ2v) is 9.21. The van der Waals surface area contributed by atoms with Crippen LogP contribution in [-0.2, 0) is 9.59 Å². The molecule has 1 aromatic heterocycles. The van der Waals surface area contributed by atoms with Crippen LogP contribution in [0.1, 0.15) is 0 Å². The van der Waals surface area contributed by atoms with Crippen LogP contribution in [0.15, 0.2) is 90.3 Å². The van der Waals surface area contributed by atoms with E-state index in [2.05, 4.69) is 5.32 Å². The lowest BCUT2D eigenvalue weighted by molar-refractivity contribution is -0.131. The summed E-state index contributed by atoms with van der Waals surface area (Å²) >= 11 is 7.01. The maximum atomic E-state index is 13.7. The van der Waals surface area contributed by atoms with Crippen LogP contribution in [0.25, 0.3) is 11.3 Å². The number of thiocarbonyl (C=S) groups is 1. The lowest BCUT2D eigenvalue weighted by Crippen LogP contribution is -2.61. The lowest BCUT2D eigenvalue weighted by atomic mass is 10.0. The highest BCUT2D eigenvalue weighted by molar-refractivity contribution is 7.81. The summed E-state index contributed by atoms with van der Waals surface area (Å²) < 4.78 is 5.20. The minimum Gasteiger partial charge on any atom is -0.497 e. The van der Waals surface area contributed by atoms with Crippen molar-refractivity contribution in [2.45, 2.75) is 0 Å². The summed E-state index contributed by atoms with van der Waals surface area (Å²) in [5.41, 5.74) is 3.04. The Labute approximate surface area is 218 Å². The molecule has 2 amide bonds. The van der Waals surface area contributed by atoms with Crippen LogP contribution in [0.5, 0.6) is 5.75 Å². The number of nitrogens with one attached hydrogen (secondary N) is 1. The number of para-hydroxylation sites is 1. The summed E-state index contributed by atoms with van der Waals surface area (Å²) in [6.07, 6.45) is 0. The Morgan fingerprint density at radius 2 is 1.56 bits per heavy atom. The van der Waals surface area contributed by atoms with Crippen LogP contribution in [0.3, 0.4) is 0 Å². The Morgan fingerprint density at radius 1 is 0.917 bits per heavy atom. The number of carbonyl (C=O) groups is 2. The SMILES string of the molecule is COc1ccc(NCC2C(=O)N(c3ccccc3)C(=S)N(c3nc(-c4ccccc4)cs3)C2=O)cc1. The van der Waals surface area contributed by atoms with Crippen molar-refractivity contribution in [3.8, 4) is 17.0 Å². The first kappa shape index (κ1) is 23.7. The van der Waals surface area contributed by atoms with E-state index in [1.54, 1.807) is 19.2 Å². The second kappa shape index (κ2) is 10.3. The summed E-state index contributed by atoms with van der Waals surface area (Å²) in [5.74, 6) is -1.07. The first-order valence-corrected chi connectivity index (χ1v) is 12.5. The largest absolute Gasteiger partial charge is 0.497 e. The highest BCUT2D eigenvalue weighted by atomic mass is 32.1. The van der Waals surface area contributed by atoms with E-state index in [-0.39, 0.29) is 17.6 Å². The van der Waals surface area contributed by atoms with Crippen molar-refractivity contribution in [1.29, 1.82) is 0 Å². The Kier molecular flexibility index (Phi) is 6.75. The number of ether oxygens (including phenoxy) is 1. The summed E-state index contributed by atoms with van der Waals surface area (Å²) in [6.45, 7) is 0.101. The molecule has 1 N–H and O–H groups in total. The lowest BCUT2D eigenvalue weighted by Gasteiger charge is -2.38. The number of benzene rings is 3. The molecule has 7 nitrogen and oxygen atoms in total. The van der Waals surface area contributed by atoms with Gasteiger partial charge in [0.15, 0.2) is 10.2 Å². The summed E-state index contributed by atoms with van der Waals surface area (Å²) in [6, 6.07) is 26.1. The average molecular weight is 515 g/mol. The van der Waals surface area contributed by atoms with E-state index >= 15 is 0 Å². The van der Waals surface area contributed by atoms with E-state index in [1.807, 2.05) is 78.2 Å². The van der Waals surface area contributed by atoms with Gasteiger partial charge in [0.2, 0.25) is 11.8 Å². The van der Waals surface area contributed by atoms with Crippen molar-refractivity contribution in [3.63, 3.8) is 0 Å². The molecule has 36 heavy (non-hydrogen) atoms. The van der Waals surface area contributed by atoms with E-state index < -0.39 is 11.8 Å². The van der Waals surface area contributed by atoms with Crippen molar-refractivity contribution in [1.82, 2.24) is 4.98 Å². The third kappa shape index (κ3) is 4.58. The van der Waals surface area contributed by atoms with Gasteiger partial charge in [-0.25, -0.2) is 9.88 Å². The van der Waals surface area contributed by atoms with Crippen LogP contribution >= 0.6 is 23.6 Å². The fourth-order valence-corrected chi connectivity index (χ4v) is 5.18. The number of aromatic nitrogens is 1. The van der Waals surface area contributed by atoms with Crippen molar-refractivity contribution < 1.29 is 14.3 Å². The van der Waals surface area contributed by atoms with Crippen LogP contribution in [-0.4, -0.2) is 35.6 Å². The van der Waals surface area contributed by atoms with Crippen molar-refractivity contribution >= 4 is 57.0 Å². The first-order valence-electron chi connectivity index (χ1n) is 11.2. The Hall–Kier alpha value is -4.08. The maximum absolute atomic E-state index is 13.7. The summed E-state index contributed by atoms with van der Waals surface area (Å²) in [4.78, 5) is 34.8. The van der Waals surface area contributed by atoms with E-state index in [0.717, 1.165) is 22.7 Å². The molecule has 1 saturated heterocycles. The van der Waals surface area contributed by atoms with Gasteiger partial charge in [0, 0.05) is 23.2 Å². The fraction of sp³-hybridized carbons (Fsp3) is 0.111. The van der Waals surface area contributed by atoms with E-state index in [0.29, 0.717) is 10.8 Å². The molecule has 0 radical (unpaired) electrons. The van der Waals surface area contributed by atoms with Crippen molar-refractivity contribution in [2.24, 2.45) is 5.92 Å². The molecule has 2 heterocycles. The smallest absolute Gasteiger partial charge is 0.249 e. The number of nitrogens with zero attached hydrogens (tertiary/aromatic N) is 3. The highest BCUT2D eigenvalue weighted by Gasteiger charge is 2.46. The molecule has 3 aromatic carbocycles. The molecular formula is C27H22N4O3S2. The van der Waals surface area contributed by atoms with Crippen molar-refractivity contribution in [2.75, 3.05) is 28.8 Å². The molecule has 1 aliphatic rings. The van der Waals surface area contributed by atoms with Gasteiger partial charge in [-0.15, -0.1) is 11.3 Å². The minimum absolute atomic E-state index is 0.0888. The number of carbonyl (C=O) groups excluding carboxylic acids is 2. The van der Waals surface area contributed by atoms with E-state index in [9.17, 15) is 9.59 Å². The number of methoxy groups -OCH3 is 1. The maximum Gasteiger partial charge on any atom is 0.249 e. The Morgan fingerprint density at radius 3 is 2.22 bits per heavy atom. The highest BCUT2D eigenvalue weighted by Crippen LogP contribution is 2.33. The molecular weight excluding hydrogens is 492 g/mol. The minimum atomic E-state index is -0.997. The molecule has 5 rings (SSSR count). The quantitative estimate of drug-likeness (QED) is 0.270. The van der Waals surface area contributed by atoms with E-state index in [4.69, 9.17) is 21.9 Å². The van der Waals surface area contributed by atoms with Gasteiger partial charge in [-0.05, 0) is 48.6 Å². The third-order valence-electron chi connectivity index (χ3n) is 5.79. The third-order valence-corrected chi connectivity index (χ3v) is 6.98.